The molecule has 0 radical (unpaired) electrons. The number of carboxylic acids is 1. The highest BCUT2D eigenvalue weighted by Gasteiger charge is 2.09. The van der Waals surface area contributed by atoms with E-state index in [4.69, 9.17) is 5.11 Å². The number of rotatable bonds is 2. The Balaban J connectivity index is 4.67. The first-order chi connectivity index (χ1) is 4.46. The molecule has 0 aromatic heterocycles. The molecule has 3 nitrogen and oxygen atoms in total. The van der Waals surface area contributed by atoms with Crippen LogP contribution >= 0.6 is 15.9 Å². The van der Waals surface area contributed by atoms with E-state index in [0.29, 0.717) is 0 Å². The Morgan fingerprint density at radius 1 is 1.30 bits per heavy atom. The second-order valence-corrected chi connectivity index (χ2v) is 2.59. The molecule has 0 saturated heterocycles. The zero-order valence-corrected chi connectivity index (χ0v) is 7.23. The maximum atomic E-state index is 10.5. The molecule has 4 heteroatoms. The van der Waals surface area contributed by atoms with Crippen molar-refractivity contribution in [3.05, 3.63) is 10.1 Å². The van der Waals surface area contributed by atoms with E-state index in [1.54, 1.807) is 0 Å². The highest BCUT2D eigenvalue weighted by atomic mass is 79.9. The lowest BCUT2D eigenvalue weighted by molar-refractivity contribution is -0.132. The Morgan fingerprint density at radius 3 is 1.80 bits per heavy atom. The molecule has 0 aromatic carbocycles. The summed E-state index contributed by atoms with van der Waals surface area (Å²) in [4.78, 5) is 20.7. The lowest BCUT2D eigenvalue weighted by Crippen LogP contribution is -2.02. The van der Waals surface area contributed by atoms with Gasteiger partial charge in [-0.15, -0.1) is 0 Å². The summed E-state index contributed by atoms with van der Waals surface area (Å²) in [5, 5.41) is 8.34. The number of halogens is 1. The third-order valence-corrected chi connectivity index (χ3v) is 1.98. The highest BCUT2D eigenvalue weighted by Crippen LogP contribution is 2.11. The molecule has 0 unspecified atom stereocenters. The number of hydrogen-bond donors (Lipinski definition) is 1. The van der Waals surface area contributed by atoms with Crippen LogP contribution in [-0.4, -0.2) is 16.9 Å². The monoisotopic (exact) mass is 206 g/mol. The van der Waals surface area contributed by atoms with Crippen LogP contribution in [0.2, 0.25) is 0 Å². The summed E-state index contributed by atoms with van der Waals surface area (Å²) >= 11 is 2.77. The average molecular weight is 207 g/mol. The molecule has 0 aliphatic heterocycles. The fraction of sp³-hybridized carbons (Fsp3) is 0.333. The van der Waals surface area contributed by atoms with Gasteiger partial charge in [0, 0.05) is 5.57 Å². The lowest BCUT2D eigenvalue weighted by atomic mass is 10.2. The number of aliphatic carboxylic acids is 1. The summed E-state index contributed by atoms with van der Waals surface area (Å²) in [6.07, 6.45) is 0. The van der Waals surface area contributed by atoms with Gasteiger partial charge in [0.15, 0.2) is 5.78 Å². The first kappa shape index (κ1) is 9.36. The van der Waals surface area contributed by atoms with Crippen LogP contribution in [0, 0.1) is 0 Å². The van der Waals surface area contributed by atoms with Gasteiger partial charge in [-0.25, -0.2) is 4.79 Å². The van der Waals surface area contributed by atoms with Gasteiger partial charge in [-0.05, 0) is 29.8 Å². The molecule has 0 aliphatic rings. The van der Waals surface area contributed by atoms with Gasteiger partial charge in [-0.2, -0.15) is 0 Å². The molecule has 10 heavy (non-hydrogen) atoms. The minimum atomic E-state index is -1.12. The zero-order valence-electron chi connectivity index (χ0n) is 5.64. The van der Waals surface area contributed by atoms with E-state index < -0.39 is 5.97 Å². The fourth-order valence-electron chi connectivity index (χ4n) is 0.315. The Labute approximate surface area is 66.9 Å². The van der Waals surface area contributed by atoms with E-state index in [1.807, 2.05) is 0 Å². The van der Waals surface area contributed by atoms with E-state index in [2.05, 4.69) is 15.9 Å². The SMILES string of the molecule is CC(=O)/C(C)=C(/Br)C(=O)O. The second kappa shape index (κ2) is 3.51. The molecule has 0 heterocycles. The first-order valence-electron chi connectivity index (χ1n) is 2.57. The minimum absolute atomic E-state index is 0.0694. The molecule has 0 bridgehead atoms. The van der Waals surface area contributed by atoms with Gasteiger partial charge in [0.1, 0.15) is 4.48 Å². The highest BCUT2D eigenvalue weighted by molar-refractivity contribution is 9.12. The molecule has 1 N–H and O–H groups in total. The standard InChI is InChI=1S/C6H7BrO3/c1-3(4(2)8)5(7)6(9)10/h1-2H3,(H,9,10)/b5-3+. The largest absolute Gasteiger partial charge is 0.477 e. The smallest absolute Gasteiger partial charge is 0.343 e. The first-order valence-corrected chi connectivity index (χ1v) is 3.36. The summed E-state index contributed by atoms with van der Waals surface area (Å²) in [7, 11) is 0. The predicted octanol–water partition coefficient (Wildman–Crippen LogP) is 1.33. The number of allylic oxidation sites excluding steroid dienone is 1. The molecule has 0 fully saturated rings. The van der Waals surface area contributed by atoms with E-state index in [0.717, 1.165) is 0 Å². The molecule has 0 amide bonds. The summed E-state index contributed by atoms with van der Waals surface area (Å²) in [5.41, 5.74) is 0.229. The van der Waals surface area contributed by atoms with E-state index in [9.17, 15) is 9.59 Å². The van der Waals surface area contributed by atoms with Gasteiger partial charge in [-0.1, -0.05) is 0 Å². The number of carboxylic acid groups (broad SMARTS) is 1. The molecule has 0 saturated carbocycles. The van der Waals surface area contributed by atoms with Crippen molar-refractivity contribution in [3.8, 4) is 0 Å². The Hall–Kier alpha value is -0.640. The molecule has 0 aliphatic carbocycles. The van der Waals surface area contributed by atoms with Gasteiger partial charge >= 0.3 is 5.97 Å². The van der Waals surface area contributed by atoms with Crippen molar-refractivity contribution in [2.45, 2.75) is 13.8 Å². The zero-order chi connectivity index (χ0) is 8.31. The van der Waals surface area contributed by atoms with Crippen LogP contribution in [0.5, 0.6) is 0 Å². The number of carbonyl (C=O) groups is 2. The summed E-state index contributed by atoms with van der Waals surface area (Å²) in [6.45, 7) is 2.78. The molecular formula is C6H7BrO3. The van der Waals surface area contributed by atoms with Crippen LogP contribution in [0.4, 0.5) is 0 Å². The van der Waals surface area contributed by atoms with Crippen LogP contribution < -0.4 is 0 Å². The van der Waals surface area contributed by atoms with Crippen molar-refractivity contribution < 1.29 is 14.7 Å². The Morgan fingerprint density at radius 2 is 1.70 bits per heavy atom. The number of Topliss-reactive ketones (excluding diaryl/α,β-unsaturated/α-hetero) is 1. The molecule has 0 rings (SSSR count). The van der Waals surface area contributed by atoms with E-state index in [-0.39, 0.29) is 15.8 Å². The third-order valence-electron chi connectivity index (χ3n) is 1.05. The normalized spacial score (nSPS) is 12.3. The Bertz CT molecular complexity index is 183. The topological polar surface area (TPSA) is 54.4 Å². The van der Waals surface area contributed by atoms with Crippen molar-refractivity contribution in [2.75, 3.05) is 0 Å². The number of ketones is 1. The van der Waals surface area contributed by atoms with Crippen molar-refractivity contribution >= 4 is 27.7 Å². The van der Waals surface area contributed by atoms with Gasteiger partial charge < -0.3 is 5.11 Å². The second-order valence-electron chi connectivity index (χ2n) is 1.80. The van der Waals surface area contributed by atoms with Crippen LogP contribution in [-0.2, 0) is 9.59 Å². The maximum absolute atomic E-state index is 10.5. The van der Waals surface area contributed by atoms with Gasteiger partial charge in [0.2, 0.25) is 0 Å². The summed E-state index contributed by atoms with van der Waals surface area (Å²) < 4.78 is -0.0694. The van der Waals surface area contributed by atoms with E-state index in [1.165, 1.54) is 13.8 Å². The maximum Gasteiger partial charge on any atom is 0.343 e. The van der Waals surface area contributed by atoms with Crippen molar-refractivity contribution in [1.29, 1.82) is 0 Å². The Kier molecular flexibility index (Phi) is 3.28. The van der Waals surface area contributed by atoms with E-state index >= 15 is 0 Å². The molecule has 0 atom stereocenters. The predicted molar refractivity (Wildman–Crippen MR) is 39.9 cm³/mol. The summed E-state index contributed by atoms with van der Waals surface area (Å²) in [6, 6.07) is 0. The van der Waals surface area contributed by atoms with Crippen LogP contribution in [0.1, 0.15) is 13.8 Å². The molecule has 0 aromatic rings. The van der Waals surface area contributed by atoms with Gasteiger partial charge in [-0.3, -0.25) is 4.79 Å². The fourth-order valence-corrected chi connectivity index (χ4v) is 0.594. The number of hydrogen-bond acceptors (Lipinski definition) is 2. The molecule has 0 spiro atoms. The number of carbonyl (C=O) groups excluding carboxylic acids is 1. The van der Waals surface area contributed by atoms with Gasteiger partial charge in [0.25, 0.3) is 0 Å². The van der Waals surface area contributed by atoms with Crippen LogP contribution in [0.15, 0.2) is 10.1 Å². The molecule has 56 valence electrons. The van der Waals surface area contributed by atoms with Crippen molar-refractivity contribution in [2.24, 2.45) is 0 Å². The average Bonchev–Trinajstić information content (AvgIpc) is 1.84. The van der Waals surface area contributed by atoms with Crippen LogP contribution in [0.25, 0.3) is 0 Å². The summed E-state index contributed by atoms with van der Waals surface area (Å²) in [5.74, 6) is -1.36. The van der Waals surface area contributed by atoms with Crippen molar-refractivity contribution in [1.82, 2.24) is 0 Å². The molecular weight excluding hydrogens is 200 g/mol. The van der Waals surface area contributed by atoms with Crippen molar-refractivity contribution in [3.63, 3.8) is 0 Å². The third kappa shape index (κ3) is 2.31. The van der Waals surface area contributed by atoms with Gasteiger partial charge in [0.05, 0.1) is 0 Å². The van der Waals surface area contributed by atoms with Crippen LogP contribution in [0.3, 0.4) is 0 Å². The quantitative estimate of drug-likeness (QED) is 0.694. The minimum Gasteiger partial charge on any atom is -0.477 e. The lowest BCUT2D eigenvalue weighted by Gasteiger charge is -1.94.